The maximum absolute atomic E-state index is 12.4. The van der Waals surface area contributed by atoms with Gasteiger partial charge in [-0.05, 0) is 19.1 Å². The van der Waals surface area contributed by atoms with E-state index in [1.54, 1.807) is 25.1 Å². The summed E-state index contributed by atoms with van der Waals surface area (Å²) >= 11 is 1.24. The van der Waals surface area contributed by atoms with E-state index in [9.17, 15) is 9.59 Å². The Bertz CT molecular complexity index is 1030. The molecular weight excluding hydrogens is 380 g/mol. The molecule has 0 saturated carbocycles. The summed E-state index contributed by atoms with van der Waals surface area (Å²) in [5, 5.41) is 3.39. The first-order valence-corrected chi connectivity index (χ1v) is 9.31. The molecule has 1 aliphatic heterocycles. The molecule has 1 aliphatic rings. The third-order valence-electron chi connectivity index (χ3n) is 3.99. The Balaban J connectivity index is 1.36. The molecule has 0 bridgehead atoms. The molecule has 2 aromatic carbocycles. The van der Waals surface area contributed by atoms with Crippen LogP contribution in [-0.4, -0.2) is 30.3 Å². The van der Waals surface area contributed by atoms with Crippen LogP contribution in [0.1, 0.15) is 15.4 Å². The van der Waals surface area contributed by atoms with Gasteiger partial charge in [0.1, 0.15) is 9.88 Å². The maximum Gasteiger partial charge on any atom is 0.350 e. The summed E-state index contributed by atoms with van der Waals surface area (Å²) in [7, 11) is 0. The molecule has 3 aromatic rings. The van der Waals surface area contributed by atoms with Gasteiger partial charge in [-0.3, -0.25) is 4.79 Å². The summed E-state index contributed by atoms with van der Waals surface area (Å²) in [5.74, 6) is 0.165. The van der Waals surface area contributed by atoms with E-state index < -0.39 is 18.5 Å². The van der Waals surface area contributed by atoms with Crippen molar-refractivity contribution in [3.63, 3.8) is 0 Å². The quantitative estimate of drug-likeness (QED) is 0.663. The van der Waals surface area contributed by atoms with Crippen LogP contribution in [0.15, 0.2) is 48.5 Å². The first-order valence-electron chi connectivity index (χ1n) is 8.49. The van der Waals surface area contributed by atoms with Crippen LogP contribution in [0.3, 0.4) is 0 Å². The lowest BCUT2D eigenvalue weighted by molar-refractivity contribution is -0.119. The highest BCUT2D eigenvalue weighted by atomic mass is 32.1. The van der Waals surface area contributed by atoms with Crippen LogP contribution >= 0.6 is 11.3 Å². The average Bonchev–Trinajstić information content (AvgIpc) is 3.33. The second kappa shape index (κ2) is 7.69. The van der Waals surface area contributed by atoms with E-state index in [1.165, 1.54) is 11.3 Å². The molecule has 142 valence electrons. The van der Waals surface area contributed by atoms with Gasteiger partial charge in [-0.2, -0.15) is 0 Å². The maximum atomic E-state index is 12.4. The molecule has 1 amide bonds. The smallest absolute Gasteiger partial charge is 0.350 e. The highest BCUT2D eigenvalue weighted by Gasteiger charge is 2.19. The van der Waals surface area contributed by atoms with Gasteiger partial charge < -0.3 is 19.5 Å². The predicted octanol–water partition coefficient (Wildman–Crippen LogP) is 3.64. The lowest BCUT2D eigenvalue weighted by Gasteiger charge is -2.07. The first-order chi connectivity index (χ1) is 13.6. The Labute approximate surface area is 164 Å². The van der Waals surface area contributed by atoms with E-state index in [1.807, 2.05) is 30.3 Å². The van der Waals surface area contributed by atoms with Crippen molar-refractivity contribution in [2.24, 2.45) is 0 Å². The van der Waals surface area contributed by atoms with Crippen LogP contribution in [0.4, 0.5) is 5.69 Å². The summed E-state index contributed by atoms with van der Waals surface area (Å²) in [6.45, 7) is 1.50. The molecule has 0 saturated heterocycles. The normalized spacial score (nSPS) is 11.9. The van der Waals surface area contributed by atoms with Crippen molar-refractivity contribution in [3.05, 3.63) is 59.1 Å². The van der Waals surface area contributed by atoms with Crippen LogP contribution in [0, 0.1) is 6.92 Å². The largest absolute Gasteiger partial charge is 0.454 e. The number of benzene rings is 2. The minimum atomic E-state index is -0.571. The van der Waals surface area contributed by atoms with Gasteiger partial charge in [-0.1, -0.05) is 30.3 Å². The van der Waals surface area contributed by atoms with Gasteiger partial charge in [0.05, 0.1) is 5.69 Å². The van der Waals surface area contributed by atoms with Gasteiger partial charge in [-0.15, -0.1) is 11.3 Å². The molecule has 7 nitrogen and oxygen atoms in total. The zero-order chi connectivity index (χ0) is 19.5. The molecule has 1 N–H and O–H groups in total. The number of nitrogens with zero attached hydrogens (tertiary/aromatic N) is 1. The standard InChI is InChI=1S/C20H16N2O5S/c1-12-18(28-19(21-12)13-5-3-2-4-6-13)20(24)25-10-17(23)22-14-7-8-15-16(9-14)27-11-26-15/h2-9H,10-11H2,1H3,(H,22,23). The number of aryl methyl sites for hydroxylation is 1. The topological polar surface area (TPSA) is 86.8 Å². The van der Waals surface area contributed by atoms with Crippen LogP contribution < -0.4 is 14.8 Å². The average molecular weight is 396 g/mol. The number of aromatic nitrogens is 1. The predicted molar refractivity (Wildman–Crippen MR) is 104 cm³/mol. The summed E-state index contributed by atoms with van der Waals surface area (Å²) in [6.07, 6.45) is 0. The van der Waals surface area contributed by atoms with Gasteiger partial charge >= 0.3 is 5.97 Å². The highest BCUT2D eigenvalue weighted by molar-refractivity contribution is 7.17. The van der Waals surface area contributed by atoms with E-state index in [2.05, 4.69) is 10.3 Å². The minimum Gasteiger partial charge on any atom is -0.454 e. The van der Waals surface area contributed by atoms with Crippen molar-refractivity contribution < 1.29 is 23.8 Å². The number of thiazole rings is 1. The van der Waals surface area contributed by atoms with Gasteiger partial charge in [0.15, 0.2) is 18.1 Å². The molecule has 0 fully saturated rings. The molecule has 0 spiro atoms. The SMILES string of the molecule is Cc1nc(-c2ccccc2)sc1C(=O)OCC(=O)Nc1ccc2c(c1)OCO2. The first kappa shape index (κ1) is 18.0. The minimum absolute atomic E-state index is 0.156. The number of hydrogen-bond acceptors (Lipinski definition) is 7. The summed E-state index contributed by atoms with van der Waals surface area (Å²) in [5.41, 5.74) is 2.03. The lowest BCUT2D eigenvalue weighted by atomic mass is 10.2. The van der Waals surface area contributed by atoms with Gasteiger partial charge in [0, 0.05) is 17.3 Å². The van der Waals surface area contributed by atoms with Gasteiger partial charge in [0.25, 0.3) is 5.91 Å². The number of esters is 1. The molecule has 28 heavy (non-hydrogen) atoms. The van der Waals surface area contributed by atoms with Crippen molar-refractivity contribution in [2.75, 3.05) is 18.7 Å². The van der Waals surface area contributed by atoms with Crippen LogP contribution in [0.2, 0.25) is 0 Å². The zero-order valence-electron chi connectivity index (χ0n) is 14.9. The molecule has 0 atom stereocenters. The Kier molecular flexibility index (Phi) is 4.94. The number of ether oxygens (including phenoxy) is 3. The fourth-order valence-corrected chi connectivity index (χ4v) is 3.62. The summed E-state index contributed by atoms with van der Waals surface area (Å²) in [4.78, 5) is 29.2. The number of carbonyl (C=O) groups excluding carboxylic acids is 2. The van der Waals surface area contributed by atoms with Crippen molar-refractivity contribution in [1.29, 1.82) is 0 Å². The third kappa shape index (κ3) is 3.81. The Hall–Kier alpha value is -3.39. The number of nitrogens with one attached hydrogen (secondary N) is 1. The number of hydrogen-bond donors (Lipinski definition) is 1. The number of carbonyl (C=O) groups is 2. The lowest BCUT2D eigenvalue weighted by Crippen LogP contribution is -2.20. The third-order valence-corrected chi connectivity index (χ3v) is 5.18. The number of rotatable bonds is 5. The molecule has 1 aromatic heterocycles. The highest BCUT2D eigenvalue weighted by Crippen LogP contribution is 2.34. The second-order valence-electron chi connectivity index (χ2n) is 5.99. The molecule has 4 rings (SSSR count). The van der Waals surface area contributed by atoms with Crippen molar-refractivity contribution in [3.8, 4) is 22.1 Å². The van der Waals surface area contributed by atoms with E-state index in [-0.39, 0.29) is 6.79 Å². The van der Waals surface area contributed by atoms with Crippen LogP contribution in [-0.2, 0) is 9.53 Å². The van der Waals surface area contributed by atoms with Gasteiger partial charge in [-0.25, -0.2) is 9.78 Å². The molecule has 8 heteroatoms. The monoisotopic (exact) mass is 396 g/mol. The Morgan fingerprint density at radius 2 is 1.93 bits per heavy atom. The molecule has 0 unspecified atom stereocenters. The van der Waals surface area contributed by atoms with E-state index >= 15 is 0 Å². The van der Waals surface area contributed by atoms with Crippen molar-refractivity contribution in [1.82, 2.24) is 4.98 Å². The summed E-state index contributed by atoms with van der Waals surface area (Å²) < 4.78 is 15.6. The molecule has 0 radical (unpaired) electrons. The number of anilines is 1. The number of fused-ring (bicyclic) bond motifs is 1. The number of amides is 1. The van der Waals surface area contributed by atoms with Crippen LogP contribution in [0.5, 0.6) is 11.5 Å². The van der Waals surface area contributed by atoms with E-state index in [0.29, 0.717) is 27.8 Å². The molecule has 2 heterocycles. The van der Waals surface area contributed by atoms with Gasteiger partial charge in [0.2, 0.25) is 6.79 Å². The molecular formula is C20H16N2O5S. The zero-order valence-corrected chi connectivity index (χ0v) is 15.7. The fraction of sp³-hybridized carbons (Fsp3) is 0.150. The van der Waals surface area contributed by atoms with Crippen molar-refractivity contribution >= 4 is 28.9 Å². The second-order valence-corrected chi connectivity index (χ2v) is 6.99. The van der Waals surface area contributed by atoms with E-state index in [0.717, 1.165) is 10.6 Å². The van der Waals surface area contributed by atoms with Crippen LogP contribution in [0.25, 0.3) is 10.6 Å². The summed E-state index contributed by atoms with van der Waals surface area (Å²) in [6, 6.07) is 14.6. The molecule has 0 aliphatic carbocycles. The van der Waals surface area contributed by atoms with E-state index in [4.69, 9.17) is 14.2 Å². The fourth-order valence-electron chi connectivity index (χ4n) is 2.66. The Morgan fingerprint density at radius 1 is 1.14 bits per heavy atom. The Morgan fingerprint density at radius 3 is 2.75 bits per heavy atom. The van der Waals surface area contributed by atoms with Crippen molar-refractivity contribution in [2.45, 2.75) is 6.92 Å².